The summed E-state index contributed by atoms with van der Waals surface area (Å²) >= 11 is 3.48. The molecule has 0 saturated heterocycles. The molecule has 1 fully saturated rings. The van der Waals surface area contributed by atoms with Crippen LogP contribution in [0.3, 0.4) is 0 Å². The van der Waals surface area contributed by atoms with Gasteiger partial charge in [0.05, 0.1) is 17.3 Å². The second-order valence-corrected chi connectivity index (χ2v) is 9.19. The summed E-state index contributed by atoms with van der Waals surface area (Å²) in [6.45, 7) is 0. The van der Waals surface area contributed by atoms with Crippen molar-refractivity contribution in [2.75, 3.05) is 0 Å². The summed E-state index contributed by atoms with van der Waals surface area (Å²) in [4.78, 5) is 13.6. The second kappa shape index (κ2) is 9.02. The normalized spacial score (nSPS) is 21.1. The Labute approximate surface area is 199 Å². The molecule has 1 aliphatic carbocycles. The Morgan fingerprint density at radius 1 is 0.970 bits per heavy atom. The predicted molar refractivity (Wildman–Crippen MR) is 129 cm³/mol. The molecule has 0 aromatic heterocycles. The molecule has 0 radical (unpaired) electrons. The topological polar surface area (TPSA) is 32.7 Å². The highest BCUT2D eigenvalue weighted by Crippen LogP contribution is 2.45. The van der Waals surface area contributed by atoms with Gasteiger partial charge in [0.2, 0.25) is 0 Å². The maximum atomic E-state index is 13.7. The molecule has 0 unspecified atom stereocenters. The number of rotatable bonds is 3. The zero-order valence-corrected chi connectivity index (χ0v) is 19.3. The lowest BCUT2D eigenvalue weighted by Gasteiger charge is -2.29. The Hall–Kier alpha value is -3.12. The van der Waals surface area contributed by atoms with Gasteiger partial charge in [-0.3, -0.25) is 4.79 Å². The van der Waals surface area contributed by atoms with Crippen molar-refractivity contribution in [3.8, 4) is 0 Å². The molecular formula is C27H21BrF2N2O. The maximum Gasteiger partial charge on any atom is 0.275 e. The molecule has 3 aromatic carbocycles. The van der Waals surface area contributed by atoms with Crippen molar-refractivity contribution in [3.63, 3.8) is 0 Å². The highest BCUT2D eigenvalue weighted by Gasteiger charge is 2.44. The van der Waals surface area contributed by atoms with Crippen molar-refractivity contribution in [1.82, 2.24) is 5.01 Å². The first-order valence-corrected chi connectivity index (χ1v) is 11.7. The zero-order valence-electron chi connectivity index (χ0n) is 17.7. The number of amides is 1. The molecule has 1 aliphatic heterocycles. The second-order valence-electron chi connectivity index (χ2n) is 8.33. The van der Waals surface area contributed by atoms with Crippen LogP contribution < -0.4 is 0 Å². The van der Waals surface area contributed by atoms with Crippen LogP contribution in [0, 0.1) is 17.6 Å². The lowest BCUT2D eigenvalue weighted by atomic mass is 9.77. The molecule has 1 amide bonds. The van der Waals surface area contributed by atoms with Crippen LogP contribution in [0.4, 0.5) is 8.78 Å². The first-order chi connectivity index (χ1) is 16.0. The summed E-state index contributed by atoms with van der Waals surface area (Å²) in [6.07, 6.45) is 4.69. The van der Waals surface area contributed by atoms with Crippen LogP contribution in [0.15, 0.2) is 87.9 Å². The van der Waals surface area contributed by atoms with Gasteiger partial charge < -0.3 is 0 Å². The monoisotopic (exact) mass is 506 g/mol. The Kier molecular flexibility index (Phi) is 5.94. The van der Waals surface area contributed by atoms with Gasteiger partial charge in [0.1, 0.15) is 11.6 Å². The fourth-order valence-electron chi connectivity index (χ4n) is 4.68. The smallest absolute Gasteiger partial charge is 0.267 e. The molecule has 1 saturated carbocycles. The number of fused-ring (bicyclic) bond motifs is 1. The zero-order chi connectivity index (χ0) is 22.9. The minimum atomic E-state index is -0.322. The number of benzene rings is 3. The maximum absolute atomic E-state index is 13.7. The number of allylic oxidation sites excluding steroid dienone is 1. The van der Waals surface area contributed by atoms with E-state index in [-0.39, 0.29) is 29.5 Å². The van der Waals surface area contributed by atoms with Crippen molar-refractivity contribution in [2.24, 2.45) is 11.0 Å². The van der Waals surface area contributed by atoms with E-state index in [1.807, 2.05) is 24.3 Å². The molecule has 1 heterocycles. The van der Waals surface area contributed by atoms with E-state index in [4.69, 9.17) is 5.10 Å². The summed E-state index contributed by atoms with van der Waals surface area (Å²) < 4.78 is 27.7. The summed E-state index contributed by atoms with van der Waals surface area (Å²) in [7, 11) is 0. The summed E-state index contributed by atoms with van der Waals surface area (Å²) in [5.41, 5.74) is 4.19. The van der Waals surface area contributed by atoms with Crippen LogP contribution in [0.2, 0.25) is 0 Å². The summed E-state index contributed by atoms with van der Waals surface area (Å²) in [6, 6.07) is 19.6. The molecular weight excluding hydrogens is 486 g/mol. The van der Waals surface area contributed by atoms with Crippen molar-refractivity contribution in [2.45, 2.75) is 25.3 Å². The van der Waals surface area contributed by atoms with Crippen LogP contribution in [0.5, 0.6) is 0 Å². The average molecular weight is 507 g/mol. The van der Waals surface area contributed by atoms with E-state index in [2.05, 4.69) is 15.9 Å². The minimum Gasteiger partial charge on any atom is -0.267 e. The number of hydrazone groups is 1. The van der Waals surface area contributed by atoms with E-state index in [0.717, 1.165) is 41.7 Å². The van der Waals surface area contributed by atoms with Gasteiger partial charge in [-0.2, -0.15) is 5.10 Å². The van der Waals surface area contributed by atoms with Crippen LogP contribution in [0.25, 0.3) is 6.08 Å². The van der Waals surface area contributed by atoms with Gasteiger partial charge in [0, 0.05) is 10.4 Å². The van der Waals surface area contributed by atoms with Gasteiger partial charge in [0.25, 0.3) is 5.91 Å². The van der Waals surface area contributed by atoms with Gasteiger partial charge in [-0.05, 0) is 94.4 Å². The number of nitrogens with zero attached hydrogens (tertiary/aromatic N) is 2. The number of halogens is 3. The Balaban J connectivity index is 1.59. The Morgan fingerprint density at radius 2 is 1.64 bits per heavy atom. The number of hydrogen-bond acceptors (Lipinski definition) is 2. The highest BCUT2D eigenvalue weighted by atomic mass is 79.9. The van der Waals surface area contributed by atoms with E-state index in [1.165, 1.54) is 24.3 Å². The highest BCUT2D eigenvalue weighted by molar-refractivity contribution is 9.10. The Morgan fingerprint density at radius 3 is 2.33 bits per heavy atom. The quantitative estimate of drug-likeness (QED) is 0.370. The standard InChI is InChI=1S/C27H21BrF2N2O/c28-24-7-2-1-5-22(24)27(33)32-26(18-10-14-21(30)15-11-18)23-6-3-4-19(25(23)31-32)16-17-8-12-20(29)13-9-17/h1-2,5,7-16,23,26H,3-4,6H2/b19-16+/t23-,26+/m0/s1. The molecule has 6 heteroatoms. The van der Waals surface area contributed by atoms with E-state index in [0.29, 0.717) is 10.0 Å². The lowest BCUT2D eigenvalue weighted by molar-refractivity contribution is 0.0680. The van der Waals surface area contributed by atoms with Crippen molar-refractivity contribution in [1.29, 1.82) is 0 Å². The molecule has 5 rings (SSSR count). The fourth-order valence-corrected chi connectivity index (χ4v) is 5.13. The van der Waals surface area contributed by atoms with E-state index < -0.39 is 0 Å². The SMILES string of the molecule is O=C(c1ccccc1Br)N1N=C2/C(=C/c3ccc(F)cc3)CCC[C@@H]2[C@H]1c1ccc(F)cc1. The minimum absolute atomic E-state index is 0.00217. The molecule has 0 bridgehead atoms. The first kappa shape index (κ1) is 21.7. The summed E-state index contributed by atoms with van der Waals surface area (Å²) in [5, 5.41) is 6.40. The summed E-state index contributed by atoms with van der Waals surface area (Å²) in [5.74, 6) is -0.803. The van der Waals surface area contributed by atoms with E-state index in [1.54, 1.807) is 35.3 Å². The van der Waals surface area contributed by atoms with Gasteiger partial charge in [-0.15, -0.1) is 0 Å². The molecule has 2 aliphatic rings. The third-order valence-corrected chi connectivity index (χ3v) is 6.93. The van der Waals surface area contributed by atoms with E-state index in [9.17, 15) is 13.6 Å². The average Bonchev–Trinajstić information content (AvgIpc) is 3.22. The van der Waals surface area contributed by atoms with E-state index >= 15 is 0 Å². The van der Waals surface area contributed by atoms with Crippen LogP contribution in [-0.2, 0) is 0 Å². The third-order valence-electron chi connectivity index (χ3n) is 6.24. The predicted octanol–water partition coefficient (Wildman–Crippen LogP) is 7.16. The van der Waals surface area contributed by atoms with Crippen molar-refractivity contribution in [3.05, 3.63) is 111 Å². The number of carbonyl (C=O) groups excluding carboxylic acids is 1. The largest absolute Gasteiger partial charge is 0.275 e. The van der Waals surface area contributed by atoms with Crippen LogP contribution in [0.1, 0.15) is 46.8 Å². The first-order valence-electron chi connectivity index (χ1n) is 10.9. The molecule has 33 heavy (non-hydrogen) atoms. The fraction of sp³-hybridized carbons (Fsp3) is 0.185. The third kappa shape index (κ3) is 4.27. The molecule has 166 valence electrons. The lowest BCUT2D eigenvalue weighted by Crippen LogP contribution is -2.32. The molecule has 3 aromatic rings. The number of hydrogen-bond donors (Lipinski definition) is 0. The Bertz CT molecular complexity index is 1250. The molecule has 3 nitrogen and oxygen atoms in total. The van der Waals surface area contributed by atoms with Crippen molar-refractivity contribution < 1.29 is 13.6 Å². The molecule has 2 atom stereocenters. The number of carbonyl (C=O) groups is 1. The van der Waals surface area contributed by atoms with Gasteiger partial charge in [-0.1, -0.05) is 36.4 Å². The van der Waals surface area contributed by atoms with Crippen LogP contribution in [-0.4, -0.2) is 16.6 Å². The van der Waals surface area contributed by atoms with Gasteiger partial charge in [0.15, 0.2) is 0 Å². The molecule has 0 N–H and O–H groups in total. The molecule has 0 spiro atoms. The van der Waals surface area contributed by atoms with Gasteiger partial charge in [-0.25, -0.2) is 13.8 Å². The van der Waals surface area contributed by atoms with Gasteiger partial charge >= 0.3 is 0 Å². The van der Waals surface area contributed by atoms with Crippen LogP contribution >= 0.6 is 15.9 Å². The van der Waals surface area contributed by atoms with Crippen molar-refractivity contribution >= 4 is 33.6 Å².